The smallest absolute Gasteiger partial charge is 0.338 e. The Kier molecular flexibility index (Phi) is 10.6. The van der Waals surface area contributed by atoms with Crippen molar-refractivity contribution in [3.8, 4) is 5.75 Å². The molecular formula is C20H18Cl5N3O4S. The summed E-state index contributed by atoms with van der Waals surface area (Å²) in [5.74, 6) is -0.782. The number of amides is 1. The van der Waals surface area contributed by atoms with Crippen LogP contribution in [0.5, 0.6) is 5.75 Å². The highest BCUT2D eigenvalue weighted by Gasteiger charge is 2.34. The number of hydrogen-bond donors (Lipinski definition) is 3. The third-order valence-electron chi connectivity index (χ3n) is 3.81. The molecule has 1 unspecified atom stereocenters. The molecule has 0 fully saturated rings. The average Bonchev–Trinajstić information content (AvgIpc) is 2.72. The van der Waals surface area contributed by atoms with Crippen molar-refractivity contribution < 1.29 is 19.1 Å². The van der Waals surface area contributed by atoms with Crippen molar-refractivity contribution in [3.63, 3.8) is 0 Å². The fourth-order valence-electron chi connectivity index (χ4n) is 2.34. The fraction of sp³-hybridized carbons (Fsp3) is 0.250. The molecule has 0 heterocycles. The minimum atomic E-state index is -1.95. The lowest BCUT2D eigenvalue weighted by atomic mass is 10.2. The van der Waals surface area contributed by atoms with Gasteiger partial charge in [-0.2, -0.15) is 0 Å². The number of halogens is 5. The zero-order valence-corrected chi connectivity index (χ0v) is 21.6. The van der Waals surface area contributed by atoms with Crippen molar-refractivity contribution in [2.45, 2.75) is 16.9 Å². The maximum absolute atomic E-state index is 12.3. The third kappa shape index (κ3) is 9.23. The van der Waals surface area contributed by atoms with Gasteiger partial charge in [-0.15, -0.1) is 0 Å². The van der Waals surface area contributed by atoms with Crippen LogP contribution in [-0.2, 0) is 9.53 Å². The minimum Gasteiger partial charge on any atom is -0.482 e. The highest BCUT2D eigenvalue weighted by atomic mass is 35.6. The summed E-state index contributed by atoms with van der Waals surface area (Å²) in [6.07, 6.45) is -1.20. The van der Waals surface area contributed by atoms with Gasteiger partial charge in [-0.25, -0.2) is 4.79 Å². The van der Waals surface area contributed by atoms with Crippen LogP contribution >= 0.6 is 70.2 Å². The molecule has 0 saturated carbocycles. The Labute approximate surface area is 220 Å². The second kappa shape index (κ2) is 12.7. The Morgan fingerprint density at radius 1 is 1.06 bits per heavy atom. The van der Waals surface area contributed by atoms with Gasteiger partial charge >= 0.3 is 5.97 Å². The van der Waals surface area contributed by atoms with Gasteiger partial charge in [0.15, 0.2) is 11.7 Å². The Balaban J connectivity index is 1.94. The number of anilines is 1. The Hall–Kier alpha value is -1.68. The lowest BCUT2D eigenvalue weighted by Crippen LogP contribution is -2.56. The Morgan fingerprint density at radius 2 is 1.73 bits per heavy atom. The van der Waals surface area contributed by atoms with Crippen LogP contribution in [0.1, 0.15) is 17.3 Å². The third-order valence-corrected chi connectivity index (χ3v) is 5.22. The molecule has 2 aromatic rings. The van der Waals surface area contributed by atoms with Gasteiger partial charge in [0.1, 0.15) is 11.9 Å². The Bertz CT molecular complexity index is 1000. The summed E-state index contributed by atoms with van der Waals surface area (Å²) < 4.78 is 8.35. The van der Waals surface area contributed by atoms with E-state index in [4.69, 9.17) is 79.7 Å². The number of ether oxygens (including phenoxy) is 2. The van der Waals surface area contributed by atoms with E-state index in [1.165, 1.54) is 12.1 Å². The van der Waals surface area contributed by atoms with E-state index in [9.17, 15) is 9.59 Å². The van der Waals surface area contributed by atoms with Crippen LogP contribution in [0.2, 0.25) is 10.0 Å². The fourth-order valence-corrected chi connectivity index (χ4v) is 3.37. The van der Waals surface area contributed by atoms with Crippen LogP contribution in [0.4, 0.5) is 5.69 Å². The first kappa shape index (κ1) is 27.6. The summed E-state index contributed by atoms with van der Waals surface area (Å²) >= 11 is 35.0. The molecule has 178 valence electrons. The molecule has 7 nitrogen and oxygen atoms in total. The summed E-state index contributed by atoms with van der Waals surface area (Å²) in [4.78, 5) is 24.0. The number of nitrogens with one attached hydrogen (secondary N) is 3. The van der Waals surface area contributed by atoms with Gasteiger partial charge in [-0.1, -0.05) is 58.0 Å². The Morgan fingerprint density at radius 3 is 2.30 bits per heavy atom. The molecule has 2 aromatic carbocycles. The van der Waals surface area contributed by atoms with E-state index in [2.05, 4.69) is 16.0 Å². The minimum absolute atomic E-state index is 0.0529. The number of alkyl halides is 3. The topological polar surface area (TPSA) is 88.7 Å². The predicted octanol–water partition coefficient (Wildman–Crippen LogP) is 5.35. The number of thiocarbonyl (C=S) groups is 1. The van der Waals surface area contributed by atoms with Crippen molar-refractivity contribution in [2.24, 2.45) is 0 Å². The van der Waals surface area contributed by atoms with Gasteiger partial charge < -0.3 is 25.4 Å². The molecule has 0 bridgehead atoms. The number of esters is 1. The highest BCUT2D eigenvalue weighted by molar-refractivity contribution is 7.80. The molecule has 13 heteroatoms. The molecule has 33 heavy (non-hydrogen) atoms. The first-order chi connectivity index (χ1) is 15.5. The second-order valence-electron chi connectivity index (χ2n) is 6.30. The molecule has 0 aliphatic heterocycles. The second-order valence-corrected chi connectivity index (χ2v) is 9.92. The van der Waals surface area contributed by atoms with E-state index in [-0.39, 0.29) is 22.5 Å². The van der Waals surface area contributed by atoms with E-state index in [0.29, 0.717) is 16.3 Å². The van der Waals surface area contributed by atoms with Gasteiger partial charge in [-0.05, 0) is 61.6 Å². The summed E-state index contributed by atoms with van der Waals surface area (Å²) in [5, 5.41) is 8.78. The van der Waals surface area contributed by atoms with Crippen molar-refractivity contribution >= 4 is 92.9 Å². The molecule has 0 aliphatic carbocycles. The number of carbonyl (C=O) groups excluding carboxylic acids is 2. The van der Waals surface area contributed by atoms with Crippen molar-refractivity contribution in [1.82, 2.24) is 10.6 Å². The molecule has 0 spiro atoms. The molecule has 0 saturated heterocycles. The molecule has 1 atom stereocenters. The van der Waals surface area contributed by atoms with Gasteiger partial charge in [0.2, 0.25) is 3.79 Å². The van der Waals surface area contributed by atoms with Crippen molar-refractivity contribution in [1.29, 1.82) is 0 Å². The molecule has 1 amide bonds. The molecule has 0 aliphatic rings. The van der Waals surface area contributed by atoms with Crippen LogP contribution in [0.3, 0.4) is 0 Å². The zero-order valence-electron chi connectivity index (χ0n) is 17.0. The molecular weight excluding hydrogens is 556 g/mol. The van der Waals surface area contributed by atoms with Gasteiger partial charge in [0.25, 0.3) is 5.91 Å². The number of hydrogen-bond acceptors (Lipinski definition) is 5. The number of benzene rings is 2. The van der Waals surface area contributed by atoms with Gasteiger partial charge in [0.05, 0.1) is 17.2 Å². The predicted molar refractivity (Wildman–Crippen MR) is 136 cm³/mol. The summed E-state index contributed by atoms with van der Waals surface area (Å²) in [7, 11) is 0. The van der Waals surface area contributed by atoms with Gasteiger partial charge in [0, 0.05) is 10.7 Å². The van der Waals surface area contributed by atoms with Crippen molar-refractivity contribution in [3.05, 3.63) is 58.1 Å². The van der Waals surface area contributed by atoms with E-state index >= 15 is 0 Å². The monoisotopic (exact) mass is 571 g/mol. The quantitative estimate of drug-likeness (QED) is 0.170. The van der Waals surface area contributed by atoms with Crippen LogP contribution < -0.4 is 20.7 Å². The van der Waals surface area contributed by atoms with Crippen LogP contribution in [0, 0.1) is 0 Å². The molecule has 0 radical (unpaired) electrons. The van der Waals surface area contributed by atoms with Crippen LogP contribution in [0.25, 0.3) is 0 Å². The lowest BCUT2D eigenvalue weighted by molar-refractivity contribution is -0.123. The largest absolute Gasteiger partial charge is 0.482 e. The first-order valence-corrected chi connectivity index (χ1v) is 11.6. The van der Waals surface area contributed by atoms with E-state index in [1.807, 2.05) is 0 Å². The number of carbonyl (C=O) groups is 2. The standard InChI is InChI=1S/C20H18Cl5N3O4S/c1-2-31-17(30)11-3-6-13(7-4-11)26-19(33)28-18(20(23,24)25)27-16(29)10-32-15-8-5-12(21)9-14(15)22/h3-9,18H,2,10H2,1H3,(H,27,29)(H2,26,28,33). The van der Waals surface area contributed by atoms with E-state index in [1.54, 1.807) is 37.3 Å². The normalized spacial score (nSPS) is 11.8. The molecule has 2 rings (SSSR count). The van der Waals surface area contributed by atoms with E-state index < -0.39 is 28.4 Å². The van der Waals surface area contributed by atoms with Crippen molar-refractivity contribution in [2.75, 3.05) is 18.5 Å². The summed E-state index contributed by atoms with van der Waals surface area (Å²) in [6, 6.07) is 10.9. The first-order valence-electron chi connectivity index (χ1n) is 9.28. The van der Waals surface area contributed by atoms with E-state index in [0.717, 1.165) is 0 Å². The molecule has 3 N–H and O–H groups in total. The summed E-state index contributed by atoms with van der Waals surface area (Å²) in [5.41, 5.74) is 0.934. The highest BCUT2D eigenvalue weighted by Crippen LogP contribution is 2.30. The summed E-state index contributed by atoms with van der Waals surface area (Å²) in [6.45, 7) is 1.58. The van der Waals surface area contributed by atoms with Gasteiger partial charge in [-0.3, -0.25) is 4.79 Å². The van der Waals surface area contributed by atoms with Crippen LogP contribution in [-0.4, -0.2) is 40.2 Å². The zero-order chi connectivity index (χ0) is 24.6. The average molecular weight is 574 g/mol. The van der Waals surface area contributed by atoms with Crippen LogP contribution in [0.15, 0.2) is 42.5 Å². The maximum atomic E-state index is 12.3. The lowest BCUT2D eigenvalue weighted by Gasteiger charge is -2.27. The number of rotatable bonds is 8. The SMILES string of the molecule is CCOC(=O)c1ccc(NC(=S)NC(NC(=O)COc2ccc(Cl)cc2Cl)C(Cl)(Cl)Cl)cc1. The molecule has 0 aromatic heterocycles. The maximum Gasteiger partial charge on any atom is 0.338 e.